The standard InChI is InChI=1S/C20H25NO2/c1-20(2,3)23-19(22)14-18(17-12-8-5-9-13-17)21-15-16-10-6-4-7-11-16/h4-13,18,21H,14-15H2,1-3H3. The molecular formula is C20H25NO2. The molecule has 0 spiro atoms. The van der Waals surface area contributed by atoms with E-state index in [1.807, 2.05) is 69.3 Å². The van der Waals surface area contributed by atoms with E-state index in [0.717, 1.165) is 5.56 Å². The van der Waals surface area contributed by atoms with Gasteiger partial charge in [-0.1, -0.05) is 60.7 Å². The molecule has 2 rings (SSSR count). The molecule has 0 bridgehead atoms. The van der Waals surface area contributed by atoms with Crippen LogP contribution in [0.1, 0.15) is 44.4 Å². The molecule has 0 aliphatic carbocycles. The SMILES string of the molecule is CC(C)(C)OC(=O)CC(NCc1ccccc1)c1ccccc1. The van der Waals surface area contributed by atoms with Crippen molar-refractivity contribution in [3.63, 3.8) is 0 Å². The Morgan fingerprint density at radius 3 is 2.13 bits per heavy atom. The highest BCUT2D eigenvalue weighted by molar-refractivity contribution is 5.71. The van der Waals surface area contributed by atoms with E-state index in [-0.39, 0.29) is 12.0 Å². The van der Waals surface area contributed by atoms with E-state index in [1.54, 1.807) is 0 Å². The van der Waals surface area contributed by atoms with Crippen molar-refractivity contribution < 1.29 is 9.53 Å². The number of hydrogen-bond donors (Lipinski definition) is 1. The van der Waals surface area contributed by atoms with Crippen molar-refractivity contribution in [1.29, 1.82) is 0 Å². The van der Waals surface area contributed by atoms with Crippen LogP contribution in [0.25, 0.3) is 0 Å². The van der Waals surface area contributed by atoms with E-state index in [4.69, 9.17) is 4.74 Å². The van der Waals surface area contributed by atoms with Gasteiger partial charge in [0, 0.05) is 12.6 Å². The maximum absolute atomic E-state index is 12.2. The summed E-state index contributed by atoms with van der Waals surface area (Å²) in [7, 11) is 0. The summed E-state index contributed by atoms with van der Waals surface area (Å²) < 4.78 is 5.46. The Hall–Kier alpha value is -2.13. The zero-order chi connectivity index (χ0) is 16.7. The summed E-state index contributed by atoms with van der Waals surface area (Å²) >= 11 is 0. The predicted octanol–water partition coefficient (Wildman–Crippen LogP) is 4.25. The highest BCUT2D eigenvalue weighted by Gasteiger charge is 2.21. The van der Waals surface area contributed by atoms with Crippen LogP contribution in [0.15, 0.2) is 60.7 Å². The molecule has 0 aliphatic heterocycles. The van der Waals surface area contributed by atoms with Crippen molar-refractivity contribution in [2.24, 2.45) is 0 Å². The molecule has 3 nitrogen and oxygen atoms in total. The topological polar surface area (TPSA) is 38.3 Å². The zero-order valence-corrected chi connectivity index (χ0v) is 14.1. The Balaban J connectivity index is 2.05. The van der Waals surface area contributed by atoms with Gasteiger partial charge in [0.2, 0.25) is 0 Å². The van der Waals surface area contributed by atoms with Gasteiger partial charge >= 0.3 is 5.97 Å². The van der Waals surface area contributed by atoms with Gasteiger partial charge in [0.05, 0.1) is 6.42 Å². The number of rotatable bonds is 6. The normalized spacial score (nSPS) is 12.7. The highest BCUT2D eigenvalue weighted by Crippen LogP contribution is 2.20. The molecule has 0 saturated heterocycles. The Labute approximate surface area is 138 Å². The van der Waals surface area contributed by atoms with E-state index < -0.39 is 5.60 Å². The summed E-state index contributed by atoms with van der Waals surface area (Å²) in [4.78, 5) is 12.2. The molecule has 2 aromatic carbocycles. The molecule has 0 amide bonds. The Morgan fingerprint density at radius 1 is 1.00 bits per heavy atom. The largest absolute Gasteiger partial charge is 0.460 e. The van der Waals surface area contributed by atoms with Crippen molar-refractivity contribution in [3.8, 4) is 0 Å². The summed E-state index contributed by atoms with van der Waals surface area (Å²) in [5.41, 5.74) is 1.82. The number of nitrogens with one attached hydrogen (secondary N) is 1. The van der Waals surface area contributed by atoms with Crippen LogP contribution < -0.4 is 5.32 Å². The van der Waals surface area contributed by atoms with E-state index in [2.05, 4.69) is 17.4 Å². The fourth-order valence-electron chi connectivity index (χ4n) is 2.38. The molecule has 1 unspecified atom stereocenters. The van der Waals surface area contributed by atoms with Gasteiger partial charge in [-0.3, -0.25) is 4.79 Å². The average Bonchev–Trinajstić information content (AvgIpc) is 2.51. The van der Waals surface area contributed by atoms with Crippen LogP contribution in [0, 0.1) is 0 Å². The Bertz CT molecular complexity index is 603. The third-order valence-electron chi connectivity index (χ3n) is 3.39. The minimum atomic E-state index is -0.461. The van der Waals surface area contributed by atoms with Gasteiger partial charge in [0.25, 0.3) is 0 Å². The molecule has 1 atom stereocenters. The molecule has 1 N–H and O–H groups in total. The lowest BCUT2D eigenvalue weighted by molar-refractivity contribution is -0.155. The van der Waals surface area contributed by atoms with Gasteiger partial charge < -0.3 is 10.1 Å². The van der Waals surface area contributed by atoms with Gasteiger partial charge in [0.1, 0.15) is 5.60 Å². The van der Waals surface area contributed by atoms with Crippen LogP contribution in [0.2, 0.25) is 0 Å². The van der Waals surface area contributed by atoms with Crippen LogP contribution in [0.5, 0.6) is 0 Å². The van der Waals surface area contributed by atoms with Crippen LogP contribution in [-0.4, -0.2) is 11.6 Å². The number of ether oxygens (including phenoxy) is 1. The second-order valence-electron chi connectivity index (χ2n) is 6.62. The number of esters is 1. The number of carbonyl (C=O) groups excluding carboxylic acids is 1. The lowest BCUT2D eigenvalue weighted by Crippen LogP contribution is -2.29. The molecule has 0 fully saturated rings. The molecular weight excluding hydrogens is 286 g/mol. The smallest absolute Gasteiger partial charge is 0.308 e. The van der Waals surface area contributed by atoms with Gasteiger partial charge in [-0.2, -0.15) is 0 Å². The van der Waals surface area contributed by atoms with Crippen molar-refractivity contribution in [2.45, 2.75) is 45.4 Å². The molecule has 23 heavy (non-hydrogen) atoms. The fourth-order valence-corrected chi connectivity index (χ4v) is 2.38. The summed E-state index contributed by atoms with van der Waals surface area (Å²) in [6, 6.07) is 20.1. The zero-order valence-electron chi connectivity index (χ0n) is 14.1. The summed E-state index contributed by atoms with van der Waals surface area (Å²) in [5.74, 6) is -0.188. The molecule has 122 valence electrons. The number of carbonyl (C=O) groups is 1. The molecule has 0 saturated carbocycles. The van der Waals surface area contributed by atoms with Crippen molar-refractivity contribution >= 4 is 5.97 Å². The first kappa shape index (κ1) is 17.2. The van der Waals surface area contributed by atoms with Crippen LogP contribution >= 0.6 is 0 Å². The van der Waals surface area contributed by atoms with Gasteiger partial charge in [-0.25, -0.2) is 0 Å². The fraction of sp³-hybridized carbons (Fsp3) is 0.350. The second-order valence-corrected chi connectivity index (χ2v) is 6.62. The van der Waals surface area contributed by atoms with Crippen molar-refractivity contribution in [2.75, 3.05) is 0 Å². The minimum Gasteiger partial charge on any atom is -0.460 e. The maximum atomic E-state index is 12.2. The van der Waals surface area contributed by atoms with E-state index >= 15 is 0 Å². The maximum Gasteiger partial charge on any atom is 0.308 e. The van der Waals surface area contributed by atoms with Crippen LogP contribution in [-0.2, 0) is 16.1 Å². The quantitative estimate of drug-likeness (QED) is 0.811. The molecule has 0 aromatic heterocycles. The molecule has 0 radical (unpaired) electrons. The van der Waals surface area contributed by atoms with Gasteiger partial charge in [0.15, 0.2) is 0 Å². The monoisotopic (exact) mass is 311 g/mol. The molecule has 0 heterocycles. The summed E-state index contributed by atoms with van der Waals surface area (Å²) in [6.07, 6.45) is 0.314. The molecule has 2 aromatic rings. The van der Waals surface area contributed by atoms with Gasteiger partial charge in [-0.05, 0) is 31.9 Å². The molecule has 0 aliphatic rings. The predicted molar refractivity (Wildman–Crippen MR) is 92.9 cm³/mol. The first-order valence-electron chi connectivity index (χ1n) is 7.98. The number of hydrogen-bond acceptors (Lipinski definition) is 3. The van der Waals surface area contributed by atoms with Crippen LogP contribution in [0.4, 0.5) is 0 Å². The summed E-state index contributed by atoms with van der Waals surface area (Å²) in [5, 5.41) is 3.47. The Morgan fingerprint density at radius 2 is 1.57 bits per heavy atom. The van der Waals surface area contributed by atoms with E-state index in [0.29, 0.717) is 13.0 Å². The highest BCUT2D eigenvalue weighted by atomic mass is 16.6. The Kier molecular flexibility index (Phi) is 5.94. The van der Waals surface area contributed by atoms with Crippen molar-refractivity contribution in [3.05, 3.63) is 71.8 Å². The second kappa shape index (κ2) is 7.93. The third kappa shape index (κ3) is 6.25. The van der Waals surface area contributed by atoms with Crippen molar-refractivity contribution in [1.82, 2.24) is 5.32 Å². The van der Waals surface area contributed by atoms with E-state index in [1.165, 1.54) is 5.56 Å². The first-order chi connectivity index (χ1) is 10.9. The average molecular weight is 311 g/mol. The third-order valence-corrected chi connectivity index (χ3v) is 3.39. The number of benzene rings is 2. The van der Waals surface area contributed by atoms with E-state index in [9.17, 15) is 4.79 Å². The first-order valence-corrected chi connectivity index (χ1v) is 7.98. The van der Waals surface area contributed by atoms with Crippen LogP contribution in [0.3, 0.4) is 0 Å². The minimum absolute atomic E-state index is 0.0637. The lowest BCUT2D eigenvalue weighted by Gasteiger charge is -2.23. The summed E-state index contributed by atoms with van der Waals surface area (Å²) in [6.45, 7) is 6.38. The lowest BCUT2D eigenvalue weighted by atomic mass is 10.0. The van der Waals surface area contributed by atoms with Gasteiger partial charge in [-0.15, -0.1) is 0 Å². The molecule has 3 heteroatoms.